The van der Waals surface area contributed by atoms with Gasteiger partial charge in [0.2, 0.25) is 10.0 Å². The molecule has 6 nitrogen and oxygen atoms in total. The molecule has 1 aromatic rings. The van der Waals surface area contributed by atoms with Crippen molar-refractivity contribution in [3.63, 3.8) is 0 Å². The van der Waals surface area contributed by atoms with Crippen molar-refractivity contribution in [2.24, 2.45) is 4.99 Å². The maximum atomic E-state index is 11.7. The zero-order chi connectivity index (χ0) is 18.2. The van der Waals surface area contributed by atoms with Crippen molar-refractivity contribution in [2.45, 2.75) is 19.9 Å². The number of guanidine groups is 1. The van der Waals surface area contributed by atoms with E-state index in [9.17, 15) is 8.42 Å². The molecule has 0 aliphatic heterocycles. The predicted octanol–water partition coefficient (Wildman–Crippen LogP) is 2.13. The monoisotopic (exact) mass is 418 g/mol. The smallest absolute Gasteiger partial charge is 0.213 e. The third-order valence-corrected chi connectivity index (χ3v) is 6.35. The highest BCUT2D eigenvalue weighted by Crippen LogP contribution is 2.17. The molecule has 1 aromatic carbocycles. The van der Waals surface area contributed by atoms with Gasteiger partial charge in [-0.25, -0.2) is 12.7 Å². The molecule has 0 radical (unpaired) electrons. The Hall–Kier alpha value is -1.12. The Morgan fingerprint density at radius 3 is 2.54 bits per heavy atom. The molecule has 136 valence electrons. The molecule has 24 heavy (non-hydrogen) atoms. The van der Waals surface area contributed by atoms with Gasteiger partial charge in [-0.05, 0) is 25.0 Å². The Bertz CT molecular complexity index is 649. The van der Waals surface area contributed by atoms with Gasteiger partial charge >= 0.3 is 0 Å². The lowest BCUT2D eigenvalue weighted by atomic mass is 10.2. The molecular weight excluding hydrogens is 392 g/mol. The highest BCUT2D eigenvalue weighted by Gasteiger charge is 2.14. The molecular formula is C16H27BrN4O2S. The van der Waals surface area contributed by atoms with Crippen LogP contribution in [0.15, 0.2) is 33.7 Å². The standard InChI is InChI=1S/C16H27BrN4O2S/c1-5-24(22,23)21(4)12-8-11-19-16(18-2)20(3)13-14-9-6-7-10-15(14)17/h6-7,9-10H,5,8,11-13H2,1-4H3,(H,18,19). The van der Waals surface area contributed by atoms with Gasteiger partial charge in [-0.15, -0.1) is 0 Å². The Morgan fingerprint density at radius 1 is 1.29 bits per heavy atom. The number of nitrogens with one attached hydrogen (secondary N) is 1. The average molecular weight is 419 g/mol. The molecule has 0 amide bonds. The SMILES string of the molecule is CCS(=O)(=O)N(C)CCCNC(=NC)N(C)Cc1ccccc1Br. The van der Waals surface area contributed by atoms with Crippen LogP contribution in [-0.2, 0) is 16.6 Å². The van der Waals surface area contributed by atoms with E-state index in [1.807, 2.05) is 30.1 Å². The second kappa shape index (κ2) is 10.0. The summed E-state index contributed by atoms with van der Waals surface area (Å²) >= 11 is 3.55. The van der Waals surface area contributed by atoms with Gasteiger partial charge in [0.1, 0.15) is 0 Å². The molecule has 1 rings (SSSR count). The fourth-order valence-electron chi connectivity index (χ4n) is 2.20. The summed E-state index contributed by atoms with van der Waals surface area (Å²) in [5, 5.41) is 3.27. The summed E-state index contributed by atoms with van der Waals surface area (Å²) in [4.78, 5) is 6.31. The number of hydrogen-bond donors (Lipinski definition) is 1. The van der Waals surface area contributed by atoms with Crippen LogP contribution in [0, 0.1) is 0 Å². The third-order valence-electron chi connectivity index (χ3n) is 3.71. The van der Waals surface area contributed by atoms with Crippen molar-refractivity contribution in [3.05, 3.63) is 34.3 Å². The second-order valence-electron chi connectivity index (χ2n) is 5.50. The summed E-state index contributed by atoms with van der Waals surface area (Å²) < 4.78 is 25.9. The number of nitrogens with zero attached hydrogens (tertiary/aromatic N) is 3. The summed E-state index contributed by atoms with van der Waals surface area (Å²) in [6.07, 6.45) is 0.720. The summed E-state index contributed by atoms with van der Waals surface area (Å²) in [5.74, 6) is 0.916. The number of halogens is 1. The maximum Gasteiger partial charge on any atom is 0.213 e. The van der Waals surface area contributed by atoms with E-state index in [2.05, 4.69) is 32.3 Å². The lowest BCUT2D eigenvalue weighted by molar-refractivity contribution is 0.450. The van der Waals surface area contributed by atoms with Gasteiger partial charge in [0.25, 0.3) is 0 Å². The zero-order valence-electron chi connectivity index (χ0n) is 14.8. The molecule has 0 saturated carbocycles. The molecule has 1 N–H and O–H groups in total. The van der Waals surface area contributed by atoms with Gasteiger partial charge in [-0.1, -0.05) is 34.1 Å². The summed E-state index contributed by atoms with van der Waals surface area (Å²) in [7, 11) is 2.23. The Morgan fingerprint density at radius 2 is 1.96 bits per heavy atom. The summed E-state index contributed by atoms with van der Waals surface area (Å²) in [6, 6.07) is 8.08. The molecule has 0 saturated heterocycles. The first-order chi connectivity index (χ1) is 11.3. The first-order valence-electron chi connectivity index (χ1n) is 7.91. The van der Waals surface area contributed by atoms with E-state index in [0.29, 0.717) is 13.1 Å². The van der Waals surface area contributed by atoms with E-state index in [1.165, 1.54) is 9.87 Å². The van der Waals surface area contributed by atoms with Crippen LogP contribution in [0.1, 0.15) is 18.9 Å². The molecule has 0 aliphatic carbocycles. The lowest BCUT2D eigenvalue weighted by Gasteiger charge is -2.23. The zero-order valence-corrected chi connectivity index (χ0v) is 17.2. The van der Waals surface area contributed by atoms with Gasteiger partial charge in [-0.2, -0.15) is 0 Å². The fraction of sp³-hybridized carbons (Fsp3) is 0.562. The van der Waals surface area contributed by atoms with Crippen molar-refractivity contribution in [3.8, 4) is 0 Å². The van der Waals surface area contributed by atoms with Crippen LogP contribution in [0.3, 0.4) is 0 Å². The van der Waals surface area contributed by atoms with Crippen LogP contribution in [0.2, 0.25) is 0 Å². The van der Waals surface area contributed by atoms with Crippen LogP contribution >= 0.6 is 15.9 Å². The van der Waals surface area contributed by atoms with Crippen LogP contribution in [0.4, 0.5) is 0 Å². The topological polar surface area (TPSA) is 65.0 Å². The van der Waals surface area contributed by atoms with Gasteiger partial charge in [0.15, 0.2) is 5.96 Å². The minimum absolute atomic E-state index is 0.132. The van der Waals surface area contributed by atoms with Crippen molar-refractivity contribution in [1.82, 2.24) is 14.5 Å². The van der Waals surface area contributed by atoms with E-state index < -0.39 is 10.0 Å². The molecule has 0 bridgehead atoms. The number of hydrogen-bond acceptors (Lipinski definition) is 3. The predicted molar refractivity (Wildman–Crippen MR) is 104 cm³/mol. The number of rotatable bonds is 8. The molecule has 0 spiro atoms. The number of benzene rings is 1. The minimum Gasteiger partial charge on any atom is -0.356 e. The second-order valence-corrected chi connectivity index (χ2v) is 8.72. The molecule has 0 aromatic heterocycles. The molecule has 0 aliphatic rings. The van der Waals surface area contributed by atoms with Gasteiger partial charge in [-0.3, -0.25) is 4.99 Å². The van der Waals surface area contributed by atoms with Crippen molar-refractivity contribution in [2.75, 3.05) is 40.0 Å². The highest BCUT2D eigenvalue weighted by atomic mass is 79.9. The van der Waals surface area contributed by atoms with Crippen LogP contribution in [-0.4, -0.2) is 63.6 Å². The lowest BCUT2D eigenvalue weighted by Crippen LogP contribution is -2.40. The van der Waals surface area contributed by atoms with Gasteiger partial charge in [0, 0.05) is 45.3 Å². The summed E-state index contributed by atoms with van der Waals surface area (Å²) in [5.41, 5.74) is 1.18. The molecule has 0 atom stereocenters. The van der Waals surface area contributed by atoms with E-state index in [-0.39, 0.29) is 5.75 Å². The Balaban J connectivity index is 2.46. The molecule has 0 heterocycles. The number of aliphatic imine (C=N–C) groups is 1. The summed E-state index contributed by atoms with van der Waals surface area (Å²) in [6.45, 7) is 3.54. The van der Waals surface area contributed by atoms with E-state index in [0.717, 1.165) is 23.4 Å². The largest absolute Gasteiger partial charge is 0.356 e. The first kappa shape index (κ1) is 20.9. The minimum atomic E-state index is -3.11. The normalized spacial score (nSPS) is 12.5. The average Bonchev–Trinajstić information content (AvgIpc) is 2.56. The van der Waals surface area contributed by atoms with Crippen molar-refractivity contribution < 1.29 is 8.42 Å². The van der Waals surface area contributed by atoms with Gasteiger partial charge < -0.3 is 10.2 Å². The fourth-order valence-corrected chi connectivity index (χ4v) is 3.46. The van der Waals surface area contributed by atoms with E-state index >= 15 is 0 Å². The number of sulfonamides is 1. The first-order valence-corrected chi connectivity index (χ1v) is 10.3. The Labute approximate surface area is 154 Å². The molecule has 0 unspecified atom stereocenters. The third kappa shape index (κ3) is 6.41. The Kier molecular flexibility index (Phi) is 8.72. The van der Waals surface area contributed by atoms with E-state index in [4.69, 9.17) is 0 Å². The molecule has 8 heteroatoms. The molecule has 0 fully saturated rings. The van der Waals surface area contributed by atoms with Gasteiger partial charge in [0.05, 0.1) is 5.75 Å². The van der Waals surface area contributed by atoms with Crippen LogP contribution in [0.25, 0.3) is 0 Å². The van der Waals surface area contributed by atoms with Crippen molar-refractivity contribution in [1.29, 1.82) is 0 Å². The highest BCUT2D eigenvalue weighted by molar-refractivity contribution is 9.10. The maximum absolute atomic E-state index is 11.7. The van der Waals surface area contributed by atoms with Crippen molar-refractivity contribution >= 4 is 31.9 Å². The van der Waals surface area contributed by atoms with Crippen LogP contribution in [0.5, 0.6) is 0 Å². The quantitative estimate of drug-likeness (QED) is 0.398. The van der Waals surface area contributed by atoms with Crippen LogP contribution < -0.4 is 5.32 Å². The van der Waals surface area contributed by atoms with E-state index in [1.54, 1.807) is 21.0 Å².